The normalized spacial score (nSPS) is 19.6. The SMILES string of the molecule is CC.CC/C=C1\C=C(N=CC(C)N[C@@H](C)c2cccc(NC(=O)c3cnc(NC4CC4)c(C)c3)c2)C(C)CC1.[HH].[HH].[HH]. The summed E-state index contributed by atoms with van der Waals surface area (Å²) in [6.45, 7) is 14.7. The number of aromatic nitrogens is 1. The summed E-state index contributed by atoms with van der Waals surface area (Å²) in [5, 5.41) is 10.0. The van der Waals surface area contributed by atoms with Crippen molar-refractivity contribution in [1.29, 1.82) is 0 Å². The van der Waals surface area contributed by atoms with Gasteiger partial charge in [-0.15, -0.1) is 0 Å². The second-order valence-electron chi connectivity index (χ2n) is 10.5. The molecule has 0 radical (unpaired) electrons. The first-order valence-corrected chi connectivity index (χ1v) is 14.7. The summed E-state index contributed by atoms with van der Waals surface area (Å²) in [4.78, 5) is 22.2. The molecule has 4 rings (SSSR count). The quantitative estimate of drug-likeness (QED) is 0.266. The van der Waals surface area contributed by atoms with Gasteiger partial charge in [0.05, 0.1) is 5.56 Å². The Morgan fingerprint density at radius 3 is 2.67 bits per heavy atom. The monoisotopic (exact) mass is 535 g/mol. The summed E-state index contributed by atoms with van der Waals surface area (Å²) < 4.78 is 0. The largest absolute Gasteiger partial charge is 0.367 e. The lowest BCUT2D eigenvalue weighted by molar-refractivity contribution is 0.102. The van der Waals surface area contributed by atoms with Crippen LogP contribution in [-0.4, -0.2) is 29.2 Å². The van der Waals surface area contributed by atoms with E-state index in [1.165, 1.54) is 18.4 Å². The van der Waals surface area contributed by atoms with E-state index in [1.54, 1.807) is 6.20 Å². The maximum absolute atomic E-state index is 12.9. The minimum Gasteiger partial charge on any atom is -0.367 e. The highest BCUT2D eigenvalue weighted by atomic mass is 16.1. The van der Waals surface area contributed by atoms with Crippen LogP contribution in [0.4, 0.5) is 11.5 Å². The second-order valence-corrected chi connectivity index (χ2v) is 10.5. The average molecular weight is 536 g/mol. The fourth-order valence-corrected chi connectivity index (χ4v) is 4.61. The highest BCUT2D eigenvalue weighted by Crippen LogP contribution is 2.29. The van der Waals surface area contributed by atoms with Crippen molar-refractivity contribution >= 4 is 23.6 Å². The number of amides is 1. The molecular formula is C33H53N5O. The first-order chi connectivity index (χ1) is 18.8. The van der Waals surface area contributed by atoms with Crippen molar-refractivity contribution in [3.8, 4) is 0 Å². The number of rotatable bonds is 10. The van der Waals surface area contributed by atoms with E-state index >= 15 is 0 Å². The van der Waals surface area contributed by atoms with Gasteiger partial charge in [-0.2, -0.15) is 0 Å². The topological polar surface area (TPSA) is 78.4 Å². The summed E-state index contributed by atoms with van der Waals surface area (Å²) in [6, 6.07) is 10.6. The van der Waals surface area contributed by atoms with Crippen LogP contribution in [-0.2, 0) is 0 Å². The van der Waals surface area contributed by atoms with Gasteiger partial charge >= 0.3 is 0 Å². The molecule has 1 saturated carbocycles. The Kier molecular flexibility index (Phi) is 11.5. The van der Waals surface area contributed by atoms with Crippen LogP contribution in [0.5, 0.6) is 0 Å². The number of anilines is 2. The molecule has 1 aromatic heterocycles. The van der Waals surface area contributed by atoms with Crippen molar-refractivity contribution < 1.29 is 9.07 Å². The lowest BCUT2D eigenvalue weighted by Gasteiger charge is -2.21. The summed E-state index contributed by atoms with van der Waals surface area (Å²) in [7, 11) is 0. The van der Waals surface area contributed by atoms with Crippen molar-refractivity contribution in [2.24, 2.45) is 10.9 Å². The molecule has 2 aromatic rings. The van der Waals surface area contributed by atoms with E-state index in [-0.39, 0.29) is 22.3 Å². The van der Waals surface area contributed by atoms with Crippen LogP contribution in [0.3, 0.4) is 0 Å². The zero-order chi connectivity index (χ0) is 28.4. The minimum absolute atomic E-state index is 0. The molecule has 216 valence electrons. The van der Waals surface area contributed by atoms with Crippen molar-refractivity contribution in [1.82, 2.24) is 10.3 Å². The van der Waals surface area contributed by atoms with E-state index in [0.29, 0.717) is 17.5 Å². The first kappa shape index (κ1) is 30.3. The number of nitrogens with zero attached hydrogens (tertiary/aromatic N) is 2. The highest BCUT2D eigenvalue weighted by Gasteiger charge is 2.22. The van der Waals surface area contributed by atoms with Crippen molar-refractivity contribution in [2.75, 3.05) is 10.6 Å². The number of hydrogen-bond acceptors (Lipinski definition) is 5. The molecule has 3 atom stereocenters. The lowest BCUT2D eigenvalue weighted by atomic mass is 9.90. The number of pyridine rings is 1. The van der Waals surface area contributed by atoms with Gasteiger partial charge in [-0.05, 0) is 94.2 Å². The molecule has 3 N–H and O–H groups in total. The highest BCUT2D eigenvalue weighted by molar-refractivity contribution is 6.04. The Balaban J connectivity index is 0.00000329. The number of benzene rings is 1. The Hall–Kier alpha value is -3.25. The Morgan fingerprint density at radius 2 is 1.97 bits per heavy atom. The van der Waals surface area contributed by atoms with Crippen LogP contribution < -0.4 is 16.0 Å². The van der Waals surface area contributed by atoms with Crippen molar-refractivity contribution in [2.45, 2.75) is 98.7 Å². The third-order valence-electron chi connectivity index (χ3n) is 7.03. The number of allylic oxidation sites excluding steroid dienone is 4. The Bertz CT molecular complexity index is 1210. The molecule has 1 amide bonds. The van der Waals surface area contributed by atoms with Crippen LogP contribution in [0.2, 0.25) is 0 Å². The molecule has 2 aliphatic rings. The van der Waals surface area contributed by atoms with E-state index < -0.39 is 0 Å². The molecule has 2 unspecified atom stereocenters. The molecule has 0 saturated heterocycles. The molecule has 1 aromatic carbocycles. The van der Waals surface area contributed by atoms with Gasteiger partial charge in [0.2, 0.25) is 0 Å². The summed E-state index contributed by atoms with van der Waals surface area (Å²) in [5.74, 6) is 1.20. The summed E-state index contributed by atoms with van der Waals surface area (Å²) in [6.07, 6.45) is 13.9. The van der Waals surface area contributed by atoms with Gasteiger partial charge in [-0.1, -0.05) is 51.5 Å². The minimum atomic E-state index is -0.154. The lowest BCUT2D eigenvalue weighted by Crippen LogP contribution is -2.30. The number of hydrogen-bond donors (Lipinski definition) is 3. The molecule has 1 fully saturated rings. The zero-order valence-electron chi connectivity index (χ0n) is 24.8. The smallest absolute Gasteiger partial charge is 0.257 e. The van der Waals surface area contributed by atoms with E-state index in [0.717, 1.165) is 47.6 Å². The van der Waals surface area contributed by atoms with Gasteiger partial charge in [0.25, 0.3) is 5.91 Å². The van der Waals surface area contributed by atoms with Crippen molar-refractivity contribution in [3.05, 3.63) is 76.6 Å². The number of carbonyl (C=O) groups is 1. The zero-order valence-corrected chi connectivity index (χ0v) is 24.8. The molecule has 0 aliphatic heterocycles. The molecule has 6 nitrogen and oxygen atoms in total. The number of nitrogens with one attached hydrogen (secondary N) is 3. The van der Waals surface area contributed by atoms with E-state index in [9.17, 15) is 4.79 Å². The molecular weight excluding hydrogens is 482 g/mol. The van der Waals surface area contributed by atoms with Crippen LogP contribution in [0, 0.1) is 12.8 Å². The van der Waals surface area contributed by atoms with E-state index in [1.807, 2.05) is 51.3 Å². The van der Waals surface area contributed by atoms with Crippen LogP contribution >= 0.6 is 0 Å². The van der Waals surface area contributed by atoms with E-state index in [2.05, 4.69) is 66.8 Å². The molecule has 6 heteroatoms. The van der Waals surface area contributed by atoms with Gasteiger partial charge in [0.15, 0.2) is 0 Å². The Labute approximate surface area is 240 Å². The van der Waals surface area contributed by atoms with Crippen molar-refractivity contribution in [3.63, 3.8) is 0 Å². The van der Waals surface area contributed by atoms with Gasteiger partial charge in [-0.3, -0.25) is 9.79 Å². The predicted octanol–water partition coefficient (Wildman–Crippen LogP) is 8.74. The first-order valence-electron chi connectivity index (χ1n) is 14.7. The molecule has 39 heavy (non-hydrogen) atoms. The maximum Gasteiger partial charge on any atom is 0.257 e. The van der Waals surface area contributed by atoms with Gasteiger partial charge in [0, 0.05) is 46.2 Å². The van der Waals surface area contributed by atoms with Crippen LogP contribution in [0.1, 0.15) is 105 Å². The van der Waals surface area contributed by atoms with Gasteiger partial charge < -0.3 is 16.0 Å². The number of carbonyl (C=O) groups excluding carboxylic acids is 1. The number of aryl methyl sites for hydroxylation is 1. The second kappa shape index (κ2) is 14.8. The standard InChI is InChI=1S/C31H41N5O.C2H6.3H2/c1-6-8-24-12-11-20(2)29(16-24)32-18-22(4)34-23(5)25-9-7-10-28(17-25)36-31(37)26-15-21(3)30(33-19-26)35-27-13-14-27;1-2;;;/h7-10,15-20,22-23,27,34H,6,11-14H2,1-5H3,(H,33,35)(H,36,37);1-2H3;3*1H/b24-8-,32-18?;;;;/t20?,22?,23-;;;;/m0..../s1. The fourth-order valence-electron chi connectivity index (χ4n) is 4.61. The number of aliphatic imine (C=N–C) groups is 1. The third kappa shape index (κ3) is 9.17. The molecule has 2 aliphatic carbocycles. The van der Waals surface area contributed by atoms with Gasteiger partial charge in [-0.25, -0.2) is 4.98 Å². The van der Waals surface area contributed by atoms with Crippen LogP contribution in [0.25, 0.3) is 0 Å². The molecule has 0 spiro atoms. The fraction of sp³-hybridized carbons (Fsp3) is 0.485. The van der Waals surface area contributed by atoms with Crippen LogP contribution in [0.15, 0.2) is 64.9 Å². The average Bonchev–Trinajstić information content (AvgIpc) is 3.75. The van der Waals surface area contributed by atoms with Gasteiger partial charge in [0.1, 0.15) is 5.82 Å². The molecule has 1 heterocycles. The van der Waals surface area contributed by atoms with E-state index in [4.69, 9.17) is 4.99 Å². The predicted molar refractivity (Wildman–Crippen MR) is 172 cm³/mol. The Morgan fingerprint density at radius 1 is 1.21 bits per heavy atom. The maximum atomic E-state index is 12.9. The summed E-state index contributed by atoms with van der Waals surface area (Å²) >= 11 is 0. The third-order valence-corrected chi connectivity index (χ3v) is 7.03. The molecule has 0 bridgehead atoms. The summed E-state index contributed by atoms with van der Waals surface area (Å²) in [5.41, 5.74) is 5.98.